The molecule has 31 heavy (non-hydrogen) atoms. The first kappa shape index (κ1) is 24.8. The van der Waals surface area contributed by atoms with E-state index in [0.717, 1.165) is 18.4 Å². The molecule has 8 heteroatoms. The molecule has 1 saturated heterocycles. The standard InChI is InChI=1S/C23H35N3O5/c1-2-30-23(29)20(14-13-17-9-4-3-5-10-17)31-22(28)19-12-8-16-26(19)21(27)18(25)11-6-7-15-24/h3-5,9-10,18-20H,2,6-8,11-16,24-25H2,1H3/t18-,19-,20?/m0/s1. The Morgan fingerprint density at radius 3 is 2.58 bits per heavy atom. The minimum atomic E-state index is -1.01. The van der Waals surface area contributed by atoms with E-state index in [1.165, 1.54) is 4.90 Å². The predicted octanol–water partition coefficient (Wildman–Crippen LogP) is 1.54. The number of hydrogen-bond acceptors (Lipinski definition) is 7. The van der Waals surface area contributed by atoms with Gasteiger partial charge in [0.05, 0.1) is 12.6 Å². The van der Waals surface area contributed by atoms with E-state index >= 15 is 0 Å². The maximum absolute atomic E-state index is 12.9. The Bertz CT molecular complexity index is 712. The van der Waals surface area contributed by atoms with Crippen LogP contribution in [0.2, 0.25) is 0 Å². The van der Waals surface area contributed by atoms with Gasteiger partial charge in [-0.25, -0.2) is 9.59 Å². The highest BCUT2D eigenvalue weighted by atomic mass is 16.6. The van der Waals surface area contributed by atoms with Crippen LogP contribution >= 0.6 is 0 Å². The summed E-state index contributed by atoms with van der Waals surface area (Å²) in [5, 5.41) is 0. The zero-order chi connectivity index (χ0) is 22.6. The molecule has 1 aromatic rings. The zero-order valence-corrected chi connectivity index (χ0v) is 18.3. The van der Waals surface area contributed by atoms with Crippen molar-refractivity contribution < 1.29 is 23.9 Å². The molecule has 3 atom stereocenters. The van der Waals surface area contributed by atoms with Crippen LogP contribution < -0.4 is 11.5 Å². The van der Waals surface area contributed by atoms with Gasteiger partial charge in [-0.3, -0.25) is 4.79 Å². The summed E-state index contributed by atoms with van der Waals surface area (Å²) in [6.07, 6.45) is 3.14. The van der Waals surface area contributed by atoms with Crippen molar-refractivity contribution >= 4 is 17.8 Å². The Balaban J connectivity index is 1.99. The van der Waals surface area contributed by atoms with E-state index in [4.69, 9.17) is 20.9 Å². The fourth-order valence-electron chi connectivity index (χ4n) is 3.74. The van der Waals surface area contributed by atoms with Gasteiger partial charge in [-0.05, 0) is 57.6 Å². The van der Waals surface area contributed by atoms with Crippen molar-refractivity contribution in [3.8, 4) is 0 Å². The summed E-state index contributed by atoms with van der Waals surface area (Å²) in [6, 6.07) is 8.26. The molecule has 1 aliphatic heterocycles. The normalized spacial score (nSPS) is 17.8. The summed E-state index contributed by atoms with van der Waals surface area (Å²) in [6.45, 7) is 2.91. The van der Waals surface area contributed by atoms with E-state index in [9.17, 15) is 14.4 Å². The van der Waals surface area contributed by atoms with Crippen LogP contribution in [-0.4, -0.2) is 60.6 Å². The van der Waals surface area contributed by atoms with Crippen LogP contribution in [0, 0.1) is 0 Å². The molecular formula is C23H35N3O5. The van der Waals surface area contributed by atoms with Gasteiger partial charge in [0.1, 0.15) is 6.04 Å². The smallest absolute Gasteiger partial charge is 0.347 e. The molecule has 0 aromatic heterocycles. The molecule has 1 amide bonds. The van der Waals surface area contributed by atoms with E-state index in [1.54, 1.807) is 6.92 Å². The van der Waals surface area contributed by atoms with E-state index in [1.807, 2.05) is 30.3 Å². The number of esters is 2. The number of rotatable bonds is 12. The zero-order valence-electron chi connectivity index (χ0n) is 18.3. The number of nitrogens with zero attached hydrogens (tertiary/aromatic N) is 1. The van der Waals surface area contributed by atoms with E-state index in [-0.39, 0.29) is 12.5 Å². The number of aryl methyl sites for hydroxylation is 1. The summed E-state index contributed by atoms with van der Waals surface area (Å²) in [5.74, 6) is -1.40. The topological polar surface area (TPSA) is 125 Å². The highest BCUT2D eigenvalue weighted by Crippen LogP contribution is 2.22. The molecule has 1 aromatic carbocycles. The average molecular weight is 434 g/mol. The Morgan fingerprint density at radius 1 is 1.16 bits per heavy atom. The fourth-order valence-corrected chi connectivity index (χ4v) is 3.74. The van der Waals surface area contributed by atoms with Crippen molar-refractivity contribution in [1.82, 2.24) is 4.90 Å². The van der Waals surface area contributed by atoms with Gasteiger partial charge < -0.3 is 25.8 Å². The first-order chi connectivity index (χ1) is 15.0. The summed E-state index contributed by atoms with van der Waals surface area (Å²) in [7, 11) is 0. The predicted molar refractivity (Wildman–Crippen MR) is 117 cm³/mol. The maximum atomic E-state index is 12.9. The number of benzene rings is 1. The molecule has 8 nitrogen and oxygen atoms in total. The summed E-state index contributed by atoms with van der Waals surface area (Å²) in [5.41, 5.74) is 12.6. The minimum absolute atomic E-state index is 0.198. The van der Waals surface area contributed by atoms with Crippen LogP contribution in [0.4, 0.5) is 0 Å². The lowest BCUT2D eigenvalue weighted by Crippen LogP contribution is -2.49. The van der Waals surface area contributed by atoms with Crippen LogP contribution in [0.15, 0.2) is 30.3 Å². The summed E-state index contributed by atoms with van der Waals surface area (Å²) >= 11 is 0. The molecule has 0 radical (unpaired) electrons. The second kappa shape index (κ2) is 13.1. The van der Waals surface area contributed by atoms with Crippen LogP contribution in [-0.2, 0) is 30.3 Å². The van der Waals surface area contributed by atoms with Gasteiger partial charge >= 0.3 is 11.9 Å². The number of ether oxygens (including phenoxy) is 2. The molecule has 2 rings (SSSR count). The lowest BCUT2D eigenvalue weighted by molar-refractivity contribution is -0.171. The van der Waals surface area contributed by atoms with Gasteiger partial charge in [0.25, 0.3) is 0 Å². The van der Waals surface area contributed by atoms with Gasteiger partial charge in [-0.15, -0.1) is 0 Å². The maximum Gasteiger partial charge on any atom is 0.347 e. The van der Waals surface area contributed by atoms with Crippen LogP contribution in [0.5, 0.6) is 0 Å². The molecule has 1 aliphatic rings. The summed E-state index contributed by atoms with van der Waals surface area (Å²) in [4.78, 5) is 39.5. The Kier molecular flexibility index (Phi) is 10.5. The van der Waals surface area contributed by atoms with Gasteiger partial charge in [0, 0.05) is 6.54 Å². The van der Waals surface area contributed by atoms with Crippen LogP contribution in [0.1, 0.15) is 51.0 Å². The molecule has 0 aliphatic carbocycles. The Labute approximate surface area is 184 Å². The first-order valence-electron chi connectivity index (χ1n) is 11.1. The number of likely N-dealkylation sites (tertiary alicyclic amines) is 1. The van der Waals surface area contributed by atoms with E-state index < -0.39 is 30.1 Å². The van der Waals surface area contributed by atoms with Crippen molar-refractivity contribution in [2.45, 2.75) is 70.1 Å². The number of unbranched alkanes of at least 4 members (excludes halogenated alkanes) is 1. The second-order valence-electron chi connectivity index (χ2n) is 7.78. The molecule has 1 heterocycles. The van der Waals surface area contributed by atoms with Crippen LogP contribution in [0.3, 0.4) is 0 Å². The summed E-state index contributed by atoms with van der Waals surface area (Å²) < 4.78 is 10.7. The van der Waals surface area contributed by atoms with Crippen LogP contribution in [0.25, 0.3) is 0 Å². The number of amides is 1. The minimum Gasteiger partial charge on any atom is -0.463 e. The monoisotopic (exact) mass is 433 g/mol. The number of carbonyl (C=O) groups is 3. The third-order valence-electron chi connectivity index (χ3n) is 5.44. The molecule has 1 fully saturated rings. The van der Waals surface area contributed by atoms with Gasteiger partial charge in [-0.2, -0.15) is 0 Å². The first-order valence-corrected chi connectivity index (χ1v) is 11.1. The highest BCUT2D eigenvalue weighted by molar-refractivity contribution is 5.89. The van der Waals surface area contributed by atoms with E-state index in [0.29, 0.717) is 45.2 Å². The molecule has 0 bridgehead atoms. The van der Waals surface area contributed by atoms with Gasteiger partial charge in [0.2, 0.25) is 5.91 Å². The molecule has 1 unspecified atom stereocenters. The fraction of sp³-hybridized carbons (Fsp3) is 0.609. The van der Waals surface area contributed by atoms with Gasteiger partial charge in [-0.1, -0.05) is 36.8 Å². The highest BCUT2D eigenvalue weighted by Gasteiger charge is 2.39. The van der Waals surface area contributed by atoms with Crippen molar-refractivity contribution in [2.24, 2.45) is 11.5 Å². The van der Waals surface area contributed by atoms with E-state index in [2.05, 4.69) is 0 Å². The van der Waals surface area contributed by atoms with Crippen molar-refractivity contribution in [2.75, 3.05) is 19.7 Å². The van der Waals surface area contributed by atoms with Crippen molar-refractivity contribution in [3.05, 3.63) is 35.9 Å². The number of carbonyl (C=O) groups excluding carboxylic acids is 3. The lowest BCUT2D eigenvalue weighted by Gasteiger charge is -2.27. The SMILES string of the molecule is CCOC(=O)C(CCc1ccccc1)OC(=O)[C@@H]1CCCN1C(=O)[C@@H](N)CCCCN. The lowest BCUT2D eigenvalue weighted by atomic mass is 10.1. The average Bonchev–Trinajstić information content (AvgIpc) is 3.27. The molecule has 172 valence electrons. The molecule has 0 saturated carbocycles. The molecule has 4 N–H and O–H groups in total. The quantitative estimate of drug-likeness (QED) is 0.378. The third-order valence-corrected chi connectivity index (χ3v) is 5.44. The molecule has 0 spiro atoms. The van der Waals surface area contributed by atoms with Crippen molar-refractivity contribution in [3.63, 3.8) is 0 Å². The molecular weight excluding hydrogens is 398 g/mol. The second-order valence-corrected chi connectivity index (χ2v) is 7.78. The Morgan fingerprint density at radius 2 is 1.90 bits per heavy atom. The van der Waals surface area contributed by atoms with Gasteiger partial charge in [0.15, 0.2) is 6.10 Å². The third kappa shape index (κ3) is 7.63. The number of hydrogen-bond donors (Lipinski definition) is 2. The largest absolute Gasteiger partial charge is 0.463 e. The Hall–Kier alpha value is -2.45. The number of nitrogens with two attached hydrogens (primary N) is 2. The van der Waals surface area contributed by atoms with Crippen molar-refractivity contribution in [1.29, 1.82) is 0 Å².